The maximum Gasteiger partial charge on any atom is 0.392 e. The molecule has 1 aromatic carbocycles. The van der Waals surface area contributed by atoms with Gasteiger partial charge in [0.25, 0.3) is 0 Å². The zero-order valence-electron chi connectivity index (χ0n) is 9.09. The van der Waals surface area contributed by atoms with Crippen LogP contribution in [0.25, 0.3) is 0 Å². The summed E-state index contributed by atoms with van der Waals surface area (Å²) in [5, 5.41) is 9.44. The molecule has 0 aromatic heterocycles. The van der Waals surface area contributed by atoms with Gasteiger partial charge in [0, 0.05) is 10.0 Å². The highest BCUT2D eigenvalue weighted by Crippen LogP contribution is 2.29. The van der Waals surface area contributed by atoms with Crippen LogP contribution in [0.1, 0.15) is 25.0 Å². The lowest BCUT2D eigenvalue weighted by molar-refractivity contribution is -0.139. The van der Waals surface area contributed by atoms with Crippen molar-refractivity contribution in [2.45, 2.75) is 25.6 Å². The van der Waals surface area contributed by atoms with Crippen LogP contribution in [0, 0.1) is 0 Å². The molecule has 0 aliphatic rings. The summed E-state index contributed by atoms with van der Waals surface area (Å²) in [5.41, 5.74) is 0.468. The number of rotatable bonds is 4. The Morgan fingerprint density at radius 3 is 2.59 bits per heavy atom. The van der Waals surface area contributed by atoms with Crippen molar-refractivity contribution in [3.05, 3.63) is 28.2 Å². The summed E-state index contributed by atoms with van der Waals surface area (Å²) in [5.74, 6) is 0.263. The third kappa shape index (κ3) is 4.95. The molecule has 0 fully saturated rings. The molecule has 0 aliphatic carbocycles. The lowest BCUT2D eigenvalue weighted by atomic mass is 10.1. The van der Waals surface area contributed by atoms with E-state index in [1.54, 1.807) is 18.2 Å². The van der Waals surface area contributed by atoms with Crippen molar-refractivity contribution in [2.24, 2.45) is 0 Å². The lowest BCUT2D eigenvalue weighted by Gasteiger charge is -2.14. The number of aliphatic hydroxyl groups is 1. The molecule has 0 heterocycles. The Morgan fingerprint density at radius 1 is 1.41 bits per heavy atom. The molecule has 1 aromatic rings. The van der Waals surface area contributed by atoms with Crippen molar-refractivity contribution >= 4 is 15.9 Å². The summed E-state index contributed by atoms with van der Waals surface area (Å²) in [6.07, 6.45) is -6.04. The van der Waals surface area contributed by atoms with Crippen LogP contribution in [0.5, 0.6) is 5.75 Å². The van der Waals surface area contributed by atoms with E-state index in [1.807, 2.05) is 0 Å². The molecule has 1 atom stereocenters. The fourth-order valence-corrected chi connectivity index (χ4v) is 1.60. The minimum atomic E-state index is -4.24. The van der Waals surface area contributed by atoms with Gasteiger partial charge in [-0.2, -0.15) is 13.2 Å². The Morgan fingerprint density at radius 2 is 2.06 bits per heavy atom. The third-order valence-electron chi connectivity index (χ3n) is 2.07. The Labute approximate surface area is 106 Å². The third-order valence-corrected chi connectivity index (χ3v) is 2.56. The van der Waals surface area contributed by atoms with E-state index in [2.05, 4.69) is 15.9 Å². The summed E-state index contributed by atoms with van der Waals surface area (Å²) < 4.78 is 41.6. The number of halogens is 4. The van der Waals surface area contributed by atoms with Gasteiger partial charge in [-0.1, -0.05) is 22.0 Å². The topological polar surface area (TPSA) is 29.5 Å². The van der Waals surface area contributed by atoms with Gasteiger partial charge in [0.05, 0.1) is 19.1 Å². The van der Waals surface area contributed by atoms with Crippen molar-refractivity contribution in [2.75, 3.05) is 6.61 Å². The number of ether oxygens (including phenoxy) is 1. The molecule has 0 aliphatic heterocycles. The fourth-order valence-electron chi connectivity index (χ4n) is 1.26. The van der Waals surface area contributed by atoms with Crippen LogP contribution in [-0.4, -0.2) is 17.9 Å². The van der Waals surface area contributed by atoms with Gasteiger partial charge >= 0.3 is 6.18 Å². The van der Waals surface area contributed by atoms with Crippen molar-refractivity contribution in [3.63, 3.8) is 0 Å². The predicted molar refractivity (Wildman–Crippen MR) is 60.9 cm³/mol. The van der Waals surface area contributed by atoms with Crippen LogP contribution >= 0.6 is 15.9 Å². The summed E-state index contributed by atoms with van der Waals surface area (Å²) in [6, 6.07) is 4.84. The van der Waals surface area contributed by atoms with E-state index in [-0.39, 0.29) is 5.75 Å². The van der Waals surface area contributed by atoms with Gasteiger partial charge in [-0.15, -0.1) is 0 Å². The monoisotopic (exact) mass is 312 g/mol. The molecule has 0 spiro atoms. The Balaban J connectivity index is 2.72. The molecule has 1 rings (SSSR count). The van der Waals surface area contributed by atoms with Crippen LogP contribution in [0.15, 0.2) is 22.7 Å². The molecule has 17 heavy (non-hydrogen) atoms. The van der Waals surface area contributed by atoms with E-state index in [1.165, 1.54) is 6.92 Å². The quantitative estimate of drug-likeness (QED) is 0.915. The van der Waals surface area contributed by atoms with Gasteiger partial charge in [0.2, 0.25) is 0 Å². The second-order valence-corrected chi connectivity index (χ2v) is 4.49. The predicted octanol–water partition coefficient (Wildman–Crippen LogP) is 3.83. The number of alkyl halides is 3. The highest BCUT2D eigenvalue weighted by atomic mass is 79.9. The van der Waals surface area contributed by atoms with E-state index in [0.717, 1.165) is 0 Å². The number of hydrogen-bond acceptors (Lipinski definition) is 2. The average Bonchev–Trinajstić information content (AvgIpc) is 2.15. The second-order valence-electron chi connectivity index (χ2n) is 3.57. The SMILES string of the molecule is CC(O)c1ccc(Br)cc1OCCC(F)(F)F. The van der Waals surface area contributed by atoms with E-state index in [4.69, 9.17) is 4.74 Å². The Bertz CT molecular complexity index is 377. The molecule has 1 N–H and O–H groups in total. The molecule has 96 valence electrons. The van der Waals surface area contributed by atoms with Crippen LogP contribution in [0.3, 0.4) is 0 Å². The van der Waals surface area contributed by atoms with E-state index in [0.29, 0.717) is 10.0 Å². The molecule has 0 radical (unpaired) electrons. The van der Waals surface area contributed by atoms with Crippen LogP contribution in [0.2, 0.25) is 0 Å². The average molecular weight is 313 g/mol. The molecule has 0 amide bonds. The van der Waals surface area contributed by atoms with E-state index < -0.39 is 25.3 Å². The van der Waals surface area contributed by atoms with Crippen molar-refractivity contribution in [1.29, 1.82) is 0 Å². The number of aliphatic hydroxyl groups excluding tert-OH is 1. The standard InChI is InChI=1S/C11H12BrF3O2/c1-7(16)9-3-2-8(12)6-10(9)17-5-4-11(13,14)15/h2-3,6-7,16H,4-5H2,1H3. The second kappa shape index (κ2) is 5.73. The first-order valence-corrected chi connectivity index (χ1v) is 5.76. The van der Waals surface area contributed by atoms with Crippen molar-refractivity contribution in [1.82, 2.24) is 0 Å². The normalized spacial score (nSPS) is 13.5. The maximum absolute atomic E-state index is 12.0. The van der Waals surface area contributed by atoms with Crippen LogP contribution < -0.4 is 4.74 Å². The van der Waals surface area contributed by atoms with Gasteiger partial charge in [-0.3, -0.25) is 0 Å². The molecule has 6 heteroatoms. The minimum absolute atomic E-state index is 0.263. The Kier molecular flexibility index (Phi) is 4.82. The van der Waals surface area contributed by atoms with E-state index >= 15 is 0 Å². The summed E-state index contributed by atoms with van der Waals surface area (Å²) in [6.45, 7) is 1.07. The zero-order valence-corrected chi connectivity index (χ0v) is 10.7. The summed E-state index contributed by atoms with van der Waals surface area (Å²) in [7, 11) is 0. The van der Waals surface area contributed by atoms with Crippen LogP contribution in [-0.2, 0) is 0 Å². The summed E-state index contributed by atoms with van der Waals surface area (Å²) >= 11 is 3.19. The van der Waals surface area contributed by atoms with Gasteiger partial charge in [-0.05, 0) is 19.1 Å². The lowest BCUT2D eigenvalue weighted by Crippen LogP contribution is -2.13. The smallest absolute Gasteiger partial charge is 0.392 e. The van der Waals surface area contributed by atoms with Crippen molar-refractivity contribution < 1.29 is 23.0 Å². The zero-order chi connectivity index (χ0) is 13.1. The van der Waals surface area contributed by atoms with Gasteiger partial charge in [0.15, 0.2) is 0 Å². The number of hydrogen-bond donors (Lipinski definition) is 1. The number of benzene rings is 1. The molecule has 0 bridgehead atoms. The van der Waals surface area contributed by atoms with Crippen molar-refractivity contribution in [3.8, 4) is 5.75 Å². The Hall–Kier alpha value is -0.750. The van der Waals surface area contributed by atoms with Gasteiger partial charge < -0.3 is 9.84 Å². The summed E-state index contributed by atoms with van der Waals surface area (Å²) in [4.78, 5) is 0. The van der Waals surface area contributed by atoms with Gasteiger partial charge in [-0.25, -0.2) is 0 Å². The first-order valence-electron chi connectivity index (χ1n) is 4.96. The molecular weight excluding hydrogens is 301 g/mol. The molecular formula is C11H12BrF3O2. The van der Waals surface area contributed by atoms with Crippen LogP contribution in [0.4, 0.5) is 13.2 Å². The molecule has 0 saturated heterocycles. The first-order chi connectivity index (χ1) is 7.79. The first kappa shape index (κ1) is 14.3. The maximum atomic E-state index is 12.0. The largest absolute Gasteiger partial charge is 0.493 e. The fraction of sp³-hybridized carbons (Fsp3) is 0.455. The van der Waals surface area contributed by atoms with E-state index in [9.17, 15) is 18.3 Å². The molecule has 1 unspecified atom stereocenters. The highest BCUT2D eigenvalue weighted by Gasteiger charge is 2.27. The molecule has 2 nitrogen and oxygen atoms in total. The highest BCUT2D eigenvalue weighted by molar-refractivity contribution is 9.10. The minimum Gasteiger partial charge on any atom is -0.493 e. The van der Waals surface area contributed by atoms with Gasteiger partial charge in [0.1, 0.15) is 5.75 Å². The molecule has 0 saturated carbocycles.